The summed E-state index contributed by atoms with van der Waals surface area (Å²) in [7, 11) is 0. The lowest BCUT2D eigenvalue weighted by molar-refractivity contribution is 0.510. The molecule has 3 aromatic rings. The fourth-order valence-electron chi connectivity index (χ4n) is 2.42. The van der Waals surface area contributed by atoms with Crippen LogP contribution in [0.1, 0.15) is 5.89 Å². The van der Waals surface area contributed by atoms with Gasteiger partial charge >= 0.3 is 6.01 Å². The number of benzene rings is 2. The lowest BCUT2D eigenvalue weighted by Gasteiger charge is -2.31. The van der Waals surface area contributed by atoms with Gasteiger partial charge in [0.15, 0.2) is 0 Å². The summed E-state index contributed by atoms with van der Waals surface area (Å²) in [5, 5.41) is 7.69. The lowest BCUT2D eigenvalue weighted by Crippen LogP contribution is -2.20. The molecule has 21 heavy (non-hydrogen) atoms. The fourth-order valence-corrected chi connectivity index (χ4v) is 3.51. The second kappa shape index (κ2) is 4.82. The van der Waals surface area contributed by atoms with Crippen molar-refractivity contribution in [3.8, 4) is 0 Å². The van der Waals surface area contributed by atoms with Crippen molar-refractivity contribution in [3.05, 3.63) is 54.4 Å². The first-order valence-corrected chi connectivity index (χ1v) is 7.34. The van der Waals surface area contributed by atoms with E-state index in [4.69, 9.17) is 10.2 Å². The smallest absolute Gasteiger partial charge is 0.312 e. The highest BCUT2D eigenvalue weighted by Gasteiger charge is 2.24. The molecule has 0 aliphatic carbocycles. The molecule has 1 aromatic heterocycles. The summed E-state index contributed by atoms with van der Waals surface area (Å²) in [5.41, 5.74) is 7.78. The number of anilines is 3. The molecule has 0 spiro atoms. The highest BCUT2D eigenvalue weighted by Crippen LogP contribution is 2.48. The van der Waals surface area contributed by atoms with Crippen molar-refractivity contribution < 1.29 is 4.42 Å². The number of nitrogens with two attached hydrogens (primary N) is 1. The molecule has 0 unspecified atom stereocenters. The predicted molar refractivity (Wildman–Crippen MR) is 81.6 cm³/mol. The molecule has 2 aromatic carbocycles. The van der Waals surface area contributed by atoms with E-state index >= 15 is 0 Å². The fraction of sp³-hybridized carbons (Fsp3) is 0.0667. The van der Waals surface area contributed by atoms with Gasteiger partial charge in [-0.15, -0.1) is 5.10 Å². The monoisotopic (exact) mass is 296 g/mol. The van der Waals surface area contributed by atoms with Crippen LogP contribution in [0.25, 0.3) is 0 Å². The summed E-state index contributed by atoms with van der Waals surface area (Å²) in [5.74, 6) is 0.504. The van der Waals surface area contributed by atoms with Gasteiger partial charge in [0.1, 0.15) is 6.54 Å². The molecule has 5 nitrogen and oxygen atoms in total. The summed E-state index contributed by atoms with van der Waals surface area (Å²) in [6.45, 7) is 0.499. The van der Waals surface area contributed by atoms with Crippen LogP contribution in [0.4, 0.5) is 17.4 Å². The van der Waals surface area contributed by atoms with E-state index in [0.717, 1.165) is 11.4 Å². The third-order valence-electron chi connectivity index (χ3n) is 3.31. The molecule has 1 aliphatic rings. The standard InChI is InChI=1S/C15H12N4OS/c16-15-18-17-14(20-15)9-19-10-5-1-3-7-12(10)21-13-8-4-2-6-11(13)19/h1-8H,9H2,(H2,16,18). The van der Waals surface area contributed by atoms with Gasteiger partial charge in [-0.05, 0) is 24.3 Å². The second-order valence-corrected chi connectivity index (χ2v) is 5.74. The topological polar surface area (TPSA) is 68.2 Å². The molecule has 2 N–H and O–H groups in total. The number of rotatable bonds is 2. The maximum Gasteiger partial charge on any atom is 0.312 e. The van der Waals surface area contributed by atoms with Gasteiger partial charge in [0.2, 0.25) is 5.89 Å². The Morgan fingerprint density at radius 2 is 1.57 bits per heavy atom. The van der Waals surface area contributed by atoms with Gasteiger partial charge in [-0.2, -0.15) is 0 Å². The third kappa shape index (κ3) is 2.13. The Bertz CT molecular complexity index is 756. The molecule has 0 bridgehead atoms. The van der Waals surface area contributed by atoms with E-state index in [1.807, 2.05) is 24.3 Å². The van der Waals surface area contributed by atoms with Crippen LogP contribution in [0.3, 0.4) is 0 Å². The number of hydrogen-bond acceptors (Lipinski definition) is 6. The predicted octanol–water partition coefficient (Wildman–Crippen LogP) is 3.45. The zero-order chi connectivity index (χ0) is 14.2. The number of nitrogens with zero attached hydrogens (tertiary/aromatic N) is 3. The van der Waals surface area contributed by atoms with Gasteiger partial charge in [0.05, 0.1) is 11.4 Å². The normalized spacial score (nSPS) is 12.9. The molecular formula is C15H12N4OS. The summed E-state index contributed by atoms with van der Waals surface area (Å²) in [6, 6.07) is 16.7. The Labute approximate surface area is 125 Å². The molecule has 2 heterocycles. The molecule has 0 atom stereocenters. The van der Waals surface area contributed by atoms with E-state index in [0.29, 0.717) is 12.4 Å². The maximum atomic E-state index is 5.51. The van der Waals surface area contributed by atoms with E-state index in [1.165, 1.54) is 9.79 Å². The minimum atomic E-state index is 0.0953. The Hall–Kier alpha value is -2.47. The number of nitrogen functional groups attached to an aromatic ring is 1. The lowest BCUT2D eigenvalue weighted by atomic mass is 10.2. The van der Waals surface area contributed by atoms with Gasteiger partial charge in [-0.25, -0.2) is 0 Å². The Morgan fingerprint density at radius 3 is 2.14 bits per heavy atom. The highest BCUT2D eigenvalue weighted by molar-refractivity contribution is 7.99. The van der Waals surface area contributed by atoms with Gasteiger partial charge < -0.3 is 15.1 Å². The van der Waals surface area contributed by atoms with E-state index in [-0.39, 0.29) is 6.01 Å². The van der Waals surface area contributed by atoms with E-state index in [9.17, 15) is 0 Å². The van der Waals surface area contributed by atoms with Gasteiger partial charge in [-0.1, -0.05) is 41.1 Å². The number of fused-ring (bicyclic) bond motifs is 2. The third-order valence-corrected chi connectivity index (χ3v) is 4.44. The molecule has 0 amide bonds. The summed E-state index contributed by atoms with van der Waals surface area (Å²) >= 11 is 1.77. The minimum Gasteiger partial charge on any atom is -0.406 e. The van der Waals surface area contributed by atoms with Crippen molar-refractivity contribution in [2.45, 2.75) is 16.3 Å². The quantitative estimate of drug-likeness (QED) is 0.781. The number of aromatic nitrogens is 2. The van der Waals surface area contributed by atoms with Crippen molar-refractivity contribution >= 4 is 29.2 Å². The molecule has 0 radical (unpaired) electrons. The van der Waals surface area contributed by atoms with Crippen LogP contribution in [-0.2, 0) is 6.54 Å². The van der Waals surface area contributed by atoms with Gasteiger partial charge in [-0.3, -0.25) is 0 Å². The van der Waals surface area contributed by atoms with Crippen LogP contribution in [0.5, 0.6) is 0 Å². The summed E-state index contributed by atoms with van der Waals surface area (Å²) in [6.07, 6.45) is 0. The van der Waals surface area contributed by atoms with Crippen LogP contribution in [0.2, 0.25) is 0 Å². The molecule has 6 heteroatoms. The van der Waals surface area contributed by atoms with Crippen molar-refractivity contribution in [2.75, 3.05) is 10.6 Å². The molecule has 0 saturated heterocycles. The zero-order valence-corrected chi connectivity index (χ0v) is 11.9. The van der Waals surface area contributed by atoms with Crippen LogP contribution < -0.4 is 10.6 Å². The largest absolute Gasteiger partial charge is 0.406 e. The first kappa shape index (κ1) is 12.3. The van der Waals surface area contributed by atoms with E-state index in [1.54, 1.807) is 11.8 Å². The SMILES string of the molecule is Nc1nnc(CN2c3ccccc3Sc3ccccc32)o1. The molecule has 4 rings (SSSR count). The van der Waals surface area contributed by atoms with Crippen molar-refractivity contribution in [1.29, 1.82) is 0 Å². The minimum absolute atomic E-state index is 0.0953. The van der Waals surface area contributed by atoms with E-state index in [2.05, 4.69) is 39.4 Å². The Morgan fingerprint density at radius 1 is 0.952 bits per heavy atom. The average molecular weight is 296 g/mol. The zero-order valence-electron chi connectivity index (χ0n) is 11.1. The summed E-state index contributed by atoms with van der Waals surface area (Å²) < 4.78 is 5.32. The van der Waals surface area contributed by atoms with Crippen LogP contribution in [-0.4, -0.2) is 10.2 Å². The van der Waals surface area contributed by atoms with Crippen LogP contribution in [0.15, 0.2) is 62.7 Å². The second-order valence-electron chi connectivity index (χ2n) is 4.66. The molecule has 0 fully saturated rings. The van der Waals surface area contributed by atoms with Gasteiger partial charge in [0, 0.05) is 9.79 Å². The number of hydrogen-bond donors (Lipinski definition) is 1. The highest BCUT2D eigenvalue weighted by atomic mass is 32.2. The van der Waals surface area contributed by atoms with Crippen LogP contribution in [0, 0.1) is 0 Å². The molecular weight excluding hydrogens is 284 g/mol. The molecule has 0 saturated carbocycles. The average Bonchev–Trinajstić information content (AvgIpc) is 2.92. The molecule has 1 aliphatic heterocycles. The van der Waals surface area contributed by atoms with E-state index < -0.39 is 0 Å². The maximum absolute atomic E-state index is 5.51. The Balaban J connectivity index is 1.81. The first-order valence-electron chi connectivity index (χ1n) is 6.52. The first-order chi connectivity index (χ1) is 10.3. The van der Waals surface area contributed by atoms with Gasteiger partial charge in [0.25, 0.3) is 0 Å². The van der Waals surface area contributed by atoms with Crippen molar-refractivity contribution in [3.63, 3.8) is 0 Å². The Kier molecular flexibility index (Phi) is 2.82. The van der Waals surface area contributed by atoms with Crippen molar-refractivity contribution in [2.24, 2.45) is 0 Å². The molecule has 104 valence electrons. The number of para-hydroxylation sites is 2. The summed E-state index contributed by atoms with van der Waals surface area (Å²) in [4.78, 5) is 4.60. The van der Waals surface area contributed by atoms with Crippen LogP contribution >= 0.6 is 11.8 Å². The van der Waals surface area contributed by atoms with Crippen molar-refractivity contribution in [1.82, 2.24) is 10.2 Å².